The Morgan fingerprint density at radius 1 is 1.11 bits per heavy atom. The molecule has 1 aliphatic heterocycles. The van der Waals surface area contributed by atoms with Gasteiger partial charge in [-0.05, 0) is 11.7 Å². The SMILES string of the molecule is CCCC1(CCC)BC(c2ccccc2)CC(C)C1. The predicted octanol–water partition coefficient (Wildman–Crippen LogP) is 5.35. The molecule has 1 aromatic rings. The lowest BCUT2D eigenvalue weighted by Gasteiger charge is -2.43. The first kappa shape index (κ1) is 14.7. The zero-order chi connectivity index (χ0) is 13.7. The Hall–Kier alpha value is -0.715. The summed E-state index contributed by atoms with van der Waals surface area (Å²) in [5.41, 5.74) is 1.57. The molecule has 0 saturated carbocycles. The number of benzene rings is 1. The van der Waals surface area contributed by atoms with E-state index in [2.05, 4.69) is 51.1 Å². The lowest BCUT2D eigenvalue weighted by atomic mass is 9.36. The highest BCUT2D eigenvalue weighted by molar-refractivity contribution is 6.42. The van der Waals surface area contributed by atoms with Crippen LogP contribution in [-0.4, -0.2) is 7.28 Å². The van der Waals surface area contributed by atoms with Gasteiger partial charge < -0.3 is 0 Å². The van der Waals surface area contributed by atoms with E-state index in [-0.39, 0.29) is 0 Å². The molecular formula is C18H29B. The summed E-state index contributed by atoms with van der Waals surface area (Å²) in [6, 6.07) is 11.2. The van der Waals surface area contributed by atoms with Crippen LogP contribution in [0.4, 0.5) is 0 Å². The molecule has 19 heavy (non-hydrogen) atoms. The van der Waals surface area contributed by atoms with Crippen LogP contribution in [0.15, 0.2) is 30.3 Å². The van der Waals surface area contributed by atoms with Crippen LogP contribution in [0.3, 0.4) is 0 Å². The summed E-state index contributed by atoms with van der Waals surface area (Å²) in [6.45, 7) is 7.18. The largest absolute Gasteiger partial charge is 0.137 e. The van der Waals surface area contributed by atoms with Crippen LogP contribution < -0.4 is 0 Å². The van der Waals surface area contributed by atoms with E-state index in [0.717, 1.165) is 11.7 Å². The number of hydrogen-bond acceptors (Lipinski definition) is 0. The van der Waals surface area contributed by atoms with Crippen LogP contribution in [0, 0.1) is 5.92 Å². The first-order valence-corrected chi connectivity index (χ1v) is 8.24. The average molecular weight is 256 g/mol. The highest BCUT2D eigenvalue weighted by atomic mass is 14.3. The van der Waals surface area contributed by atoms with Crippen molar-refractivity contribution in [2.45, 2.75) is 70.4 Å². The highest BCUT2D eigenvalue weighted by Gasteiger charge is 2.39. The summed E-state index contributed by atoms with van der Waals surface area (Å²) in [5.74, 6) is 1.68. The zero-order valence-electron chi connectivity index (χ0n) is 13.0. The van der Waals surface area contributed by atoms with Crippen molar-refractivity contribution in [1.29, 1.82) is 0 Å². The molecule has 0 amide bonds. The molecule has 1 aromatic carbocycles. The molecule has 0 radical (unpaired) electrons. The minimum Gasteiger partial charge on any atom is -0.0654 e. The van der Waals surface area contributed by atoms with Gasteiger partial charge in [-0.3, -0.25) is 0 Å². The monoisotopic (exact) mass is 256 g/mol. The number of hydrogen-bond donors (Lipinski definition) is 0. The maximum absolute atomic E-state index is 2.47. The molecule has 1 saturated heterocycles. The second-order valence-electron chi connectivity index (χ2n) is 6.86. The van der Waals surface area contributed by atoms with E-state index in [1.807, 2.05) is 0 Å². The van der Waals surface area contributed by atoms with Gasteiger partial charge in [0, 0.05) is 0 Å². The molecule has 0 spiro atoms. The van der Waals surface area contributed by atoms with Crippen LogP contribution in [0.1, 0.15) is 70.7 Å². The first-order valence-electron chi connectivity index (χ1n) is 8.24. The minimum atomic E-state index is 0.627. The molecule has 2 atom stereocenters. The van der Waals surface area contributed by atoms with Crippen molar-refractivity contribution >= 4 is 7.28 Å². The Kier molecular flexibility index (Phi) is 5.13. The Morgan fingerprint density at radius 2 is 1.74 bits per heavy atom. The quantitative estimate of drug-likeness (QED) is 0.623. The van der Waals surface area contributed by atoms with Crippen molar-refractivity contribution in [3.8, 4) is 0 Å². The third kappa shape index (κ3) is 3.65. The fourth-order valence-electron chi connectivity index (χ4n) is 4.57. The average Bonchev–Trinajstić information content (AvgIpc) is 2.39. The van der Waals surface area contributed by atoms with Gasteiger partial charge in [-0.25, -0.2) is 0 Å². The van der Waals surface area contributed by atoms with Crippen molar-refractivity contribution in [3.05, 3.63) is 35.9 Å². The third-order valence-electron chi connectivity index (χ3n) is 4.98. The molecule has 1 heteroatoms. The van der Waals surface area contributed by atoms with Crippen molar-refractivity contribution in [2.75, 3.05) is 0 Å². The molecule has 0 bridgehead atoms. The van der Waals surface area contributed by atoms with E-state index in [1.165, 1.54) is 45.8 Å². The van der Waals surface area contributed by atoms with E-state index in [9.17, 15) is 0 Å². The predicted molar refractivity (Wildman–Crippen MR) is 87.2 cm³/mol. The summed E-state index contributed by atoms with van der Waals surface area (Å²) in [6.07, 6.45) is 8.38. The van der Waals surface area contributed by atoms with Crippen molar-refractivity contribution in [2.24, 2.45) is 5.92 Å². The Labute approximate surface area is 120 Å². The van der Waals surface area contributed by atoms with Crippen LogP contribution in [0.2, 0.25) is 5.31 Å². The van der Waals surface area contributed by atoms with Gasteiger partial charge in [0.2, 0.25) is 0 Å². The lowest BCUT2D eigenvalue weighted by Crippen LogP contribution is -2.34. The van der Waals surface area contributed by atoms with Gasteiger partial charge >= 0.3 is 0 Å². The highest BCUT2D eigenvalue weighted by Crippen LogP contribution is 2.51. The Morgan fingerprint density at radius 3 is 2.32 bits per heavy atom. The van der Waals surface area contributed by atoms with Crippen molar-refractivity contribution in [1.82, 2.24) is 0 Å². The van der Waals surface area contributed by atoms with Crippen LogP contribution in [0.25, 0.3) is 0 Å². The fourth-order valence-corrected chi connectivity index (χ4v) is 4.57. The molecular weight excluding hydrogens is 227 g/mol. The third-order valence-corrected chi connectivity index (χ3v) is 4.98. The van der Waals surface area contributed by atoms with Crippen LogP contribution in [-0.2, 0) is 0 Å². The number of rotatable bonds is 5. The topological polar surface area (TPSA) is 0 Å². The Balaban J connectivity index is 2.18. The lowest BCUT2D eigenvalue weighted by molar-refractivity contribution is 0.315. The van der Waals surface area contributed by atoms with Gasteiger partial charge in [-0.1, -0.05) is 101 Å². The van der Waals surface area contributed by atoms with E-state index in [4.69, 9.17) is 0 Å². The molecule has 0 aliphatic carbocycles. The second-order valence-corrected chi connectivity index (χ2v) is 6.86. The normalized spacial score (nSPS) is 25.8. The summed E-state index contributed by atoms with van der Waals surface area (Å²) >= 11 is 0. The van der Waals surface area contributed by atoms with Crippen LogP contribution >= 0.6 is 0 Å². The second kappa shape index (κ2) is 6.63. The smallest absolute Gasteiger partial charge is 0.0654 e. The molecule has 1 heterocycles. The van der Waals surface area contributed by atoms with Crippen LogP contribution in [0.5, 0.6) is 0 Å². The molecule has 0 aromatic heterocycles. The zero-order valence-corrected chi connectivity index (χ0v) is 13.0. The van der Waals surface area contributed by atoms with E-state index < -0.39 is 0 Å². The van der Waals surface area contributed by atoms with E-state index in [1.54, 1.807) is 5.56 Å². The van der Waals surface area contributed by atoms with Gasteiger partial charge in [-0.2, -0.15) is 0 Å². The standard InChI is InChI=1S/C18H29B/c1-4-11-18(12-5-2)14-15(3)13-17(19-18)16-9-7-6-8-10-16/h6-10,15,17,19H,4-5,11-14H2,1-3H3. The molecule has 1 fully saturated rings. The summed E-state index contributed by atoms with van der Waals surface area (Å²) in [7, 11) is 1.42. The minimum absolute atomic E-state index is 0.627. The molecule has 0 N–H and O–H groups in total. The van der Waals surface area contributed by atoms with Gasteiger partial charge in [0.15, 0.2) is 0 Å². The molecule has 1 aliphatic rings. The first-order chi connectivity index (χ1) is 9.19. The van der Waals surface area contributed by atoms with Gasteiger partial charge in [0.1, 0.15) is 7.28 Å². The molecule has 2 rings (SSSR count). The van der Waals surface area contributed by atoms with Crippen molar-refractivity contribution < 1.29 is 0 Å². The van der Waals surface area contributed by atoms with Gasteiger partial charge in [-0.15, -0.1) is 0 Å². The molecule has 2 unspecified atom stereocenters. The van der Waals surface area contributed by atoms with Gasteiger partial charge in [0.05, 0.1) is 0 Å². The maximum atomic E-state index is 2.47. The van der Waals surface area contributed by atoms with E-state index >= 15 is 0 Å². The fraction of sp³-hybridized carbons (Fsp3) is 0.667. The van der Waals surface area contributed by atoms with Gasteiger partial charge in [0.25, 0.3) is 0 Å². The Bertz CT molecular complexity index is 365. The molecule has 104 valence electrons. The molecule has 0 nitrogen and oxygen atoms in total. The van der Waals surface area contributed by atoms with Crippen molar-refractivity contribution in [3.63, 3.8) is 0 Å². The maximum Gasteiger partial charge on any atom is 0.137 e. The summed E-state index contributed by atoms with van der Waals surface area (Å²) in [5, 5.41) is 0.627. The van der Waals surface area contributed by atoms with E-state index in [0.29, 0.717) is 5.31 Å². The summed E-state index contributed by atoms with van der Waals surface area (Å²) < 4.78 is 0. The summed E-state index contributed by atoms with van der Waals surface area (Å²) in [4.78, 5) is 0.